The molecule has 2 heteroatoms. The molecular formula is C17H27NS. The number of aryl methyl sites for hydroxylation is 1. The zero-order valence-electron chi connectivity index (χ0n) is 12.2. The summed E-state index contributed by atoms with van der Waals surface area (Å²) in [5.41, 5.74) is 2.18. The highest BCUT2D eigenvalue weighted by Crippen LogP contribution is 2.57. The first-order valence-corrected chi connectivity index (χ1v) is 8.98. The highest BCUT2D eigenvalue weighted by atomic mass is 32.1. The summed E-state index contributed by atoms with van der Waals surface area (Å²) in [5, 5.41) is 8.29. The second-order valence-corrected chi connectivity index (χ2v) is 7.53. The molecule has 0 aromatic carbocycles. The van der Waals surface area contributed by atoms with Gasteiger partial charge in [-0.3, -0.25) is 0 Å². The maximum atomic E-state index is 3.74. The summed E-state index contributed by atoms with van der Waals surface area (Å²) in [6.07, 6.45) is 9.99. The van der Waals surface area contributed by atoms with Gasteiger partial charge in [0.2, 0.25) is 0 Å². The summed E-state index contributed by atoms with van der Waals surface area (Å²) in [4.78, 5) is 0. The molecule has 0 radical (unpaired) electrons. The highest BCUT2D eigenvalue weighted by molar-refractivity contribution is 7.07. The third-order valence-corrected chi connectivity index (χ3v) is 6.23. The Labute approximate surface area is 121 Å². The Balaban J connectivity index is 1.63. The fraction of sp³-hybridized carbons (Fsp3) is 0.765. The summed E-state index contributed by atoms with van der Waals surface area (Å²) < 4.78 is 0. The maximum Gasteiger partial charge on any atom is 0.00107 e. The molecule has 0 spiro atoms. The van der Waals surface area contributed by atoms with Gasteiger partial charge in [-0.2, -0.15) is 11.3 Å². The predicted octanol–water partition coefficient (Wildman–Crippen LogP) is 4.49. The van der Waals surface area contributed by atoms with Gasteiger partial charge in [0.1, 0.15) is 0 Å². The lowest BCUT2D eigenvalue weighted by atomic mass is 9.69. The van der Waals surface area contributed by atoms with E-state index in [-0.39, 0.29) is 0 Å². The fourth-order valence-electron chi connectivity index (χ4n) is 4.51. The number of hydrogen-bond donors (Lipinski definition) is 1. The SMILES string of the molecule is CCCNCC1(CCc2ccsc2)CC2CCC1C2. The summed E-state index contributed by atoms with van der Waals surface area (Å²) in [5.74, 6) is 2.07. The molecule has 2 aliphatic carbocycles. The van der Waals surface area contributed by atoms with E-state index in [4.69, 9.17) is 0 Å². The van der Waals surface area contributed by atoms with Crippen molar-refractivity contribution in [3.8, 4) is 0 Å². The molecule has 1 heterocycles. The Bertz CT molecular complexity index is 386. The standard InChI is InChI=1S/C17H27NS/c1-2-8-18-13-17(7-5-14-6-9-19-12-14)11-15-3-4-16(17)10-15/h6,9,12,15-16,18H,2-5,7-8,10-11,13H2,1H3. The minimum absolute atomic E-state index is 0.625. The van der Waals surface area contributed by atoms with Crippen molar-refractivity contribution in [3.63, 3.8) is 0 Å². The van der Waals surface area contributed by atoms with Gasteiger partial charge in [0.05, 0.1) is 0 Å². The first-order chi connectivity index (χ1) is 9.32. The Hall–Kier alpha value is -0.340. The van der Waals surface area contributed by atoms with E-state index in [9.17, 15) is 0 Å². The van der Waals surface area contributed by atoms with Crippen LogP contribution in [0.15, 0.2) is 16.8 Å². The average molecular weight is 277 g/mol. The van der Waals surface area contributed by atoms with E-state index in [2.05, 4.69) is 29.1 Å². The lowest BCUT2D eigenvalue weighted by molar-refractivity contribution is 0.143. The van der Waals surface area contributed by atoms with Crippen LogP contribution in [0, 0.1) is 17.3 Å². The lowest BCUT2D eigenvalue weighted by Crippen LogP contribution is -2.39. The van der Waals surface area contributed by atoms with Gasteiger partial charge in [0.25, 0.3) is 0 Å². The number of fused-ring (bicyclic) bond motifs is 2. The number of hydrogen-bond acceptors (Lipinski definition) is 2. The van der Waals surface area contributed by atoms with Crippen LogP contribution in [-0.4, -0.2) is 13.1 Å². The third kappa shape index (κ3) is 2.90. The van der Waals surface area contributed by atoms with E-state index >= 15 is 0 Å². The van der Waals surface area contributed by atoms with E-state index in [1.807, 2.05) is 11.3 Å². The summed E-state index contributed by atoms with van der Waals surface area (Å²) in [6, 6.07) is 2.31. The van der Waals surface area contributed by atoms with Crippen LogP contribution < -0.4 is 5.32 Å². The van der Waals surface area contributed by atoms with Gasteiger partial charge in [0.15, 0.2) is 0 Å². The number of nitrogens with one attached hydrogen (secondary N) is 1. The molecule has 1 aromatic rings. The fourth-order valence-corrected chi connectivity index (χ4v) is 5.21. The molecule has 3 atom stereocenters. The summed E-state index contributed by atoms with van der Waals surface area (Å²) in [6.45, 7) is 4.73. The molecule has 1 nitrogen and oxygen atoms in total. The zero-order valence-corrected chi connectivity index (χ0v) is 13.0. The average Bonchev–Trinajstić information content (AvgIpc) is 3.14. The molecule has 1 N–H and O–H groups in total. The van der Waals surface area contributed by atoms with Gasteiger partial charge in [-0.25, -0.2) is 0 Å². The number of thiophene rings is 1. The topological polar surface area (TPSA) is 12.0 Å². The Morgan fingerprint density at radius 3 is 3.00 bits per heavy atom. The largest absolute Gasteiger partial charge is 0.316 e. The molecular weight excluding hydrogens is 250 g/mol. The van der Waals surface area contributed by atoms with Gasteiger partial charge >= 0.3 is 0 Å². The Morgan fingerprint density at radius 2 is 2.37 bits per heavy atom. The van der Waals surface area contributed by atoms with Gasteiger partial charge in [-0.05, 0) is 84.7 Å². The molecule has 2 fully saturated rings. The van der Waals surface area contributed by atoms with Crippen LogP contribution in [0.2, 0.25) is 0 Å². The van der Waals surface area contributed by atoms with Crippen LogP contribution in [0.25, 0.3) is 0 Å². The van der Waals surface area contributed by atoms with Crippen LogP contribution >= 0.6 is 11.3 Å². The molecule has 2 bridgehead atoms. The van der Waals surface area contributed by atoms with Gasteiger partial charge < -0.3 is 5.32 Å². The molecule has 1 aromatic heterocycles. The van der Waals surface area contributed by atoms with Crippen molar-refractivity contribution in [3.05, 3.63) is 22.4 Å². The van der Waals surface area contributed by atoms with Gasteiger partial charge in [0, 0.05) is 6.54 Å². The molecule has 2 aliphatic rings. The van der Waals surface area contributed by atoms with Crippen LogP contribution in [-0.2, 0) is 6.42 Å². The summed E-state index contributed by atoms with van der Waals surface area (Å²) in [7, 11) is 0. The molecule has 0 aliphatic heterocycles. The van der Waals surface area contributed by atoms with Gasteiger partial charge in [-0.1, -0.05) is 13.3 Å². The zero-order chi connectivity index (χ0) is 13.1. The van der Waals surface area contributed by atoms with Crippen molar-refractivity contribution in [2.24, 2.45) is 17.3 Å². The molecule has 106 valence electrons. The van der Waals surface area contributed by atoms with Crippen LogP contribution in [0.3, 0.4) is 0 Å². The van der Waals surface area contributed by atoms with Crippen molar-refractivity contribution in [1.82, 2.24) is 5.32 Å². The monoisotopic (exact) mass is 277 g/mol. The Morgan fingerprint density at radius 1 is 1.42 bits per heavy atom. The van der Waals surface area contributed by atoms with Crippen molar-refractivity contribution < 1.29 is 0 Å². The lowest BCUT2D eigenvalue weighted by Gasteiger charge is -2.38. The molecule has 3 unspecified atom stereocenters. The maximum absolute atomic E-state index is 3.74. The normalized spacial score (nSPS) is 33.1. The van der Waals surface area contributed by atoms with E-state index in [0.717, 1.165) is 11.8 Å². The van der Waals surface area contributed by atoms with E-state index in [1.54, 1.807) is 5.56 Å². The predicted molar refractivity (Wildman–Crippen MR) is 83.7 cm³/mol. The Kier molecular flexibility index (Phi) is 4.28. The molecule has 19 heavy (non-hydrogen) atoms. The quantitative estimate of drug-likeness (QED) is 0.724. The van der Waals surface area contributed by atoms with Crippen LogP contribution in [0.4, 0.5) is 0 Å². The molecule has 2 saturated carbocycles. The third-order valence-electron chi connectivity index (χ3n) is 5.50. The second kappa shape index (κ2) is 5.97. The first kappa shape index (κ1) is 13.6. The van der Waals surface area contributed by atoms with E-state index in [0.29, 0.717) is 5.41 Å². The smallest absolute Gasteiger partial charge is 0.00107 e. The van der Waals surface area contributed by atoms with Crippen LogP contribution in [0.5, 0.6) is 0 Å². The number of rotatable bonds is 7. The minimum atomic E-state index is 0.625. The van der Waals surface area contributed by atoms with Crippen LogP contribution in [0.1, 0.15) is 51.0 Å². The van der Waals surface area contributed by atoms with E-state index < -0.39 is 0 Å². The molecule has 3 rings (SSSR count). The second-order valence-electron chi connectivity index (χ2n) is 6.75. The van der Waals surface area contributed by atoms with E-state index in [1.165, 1.54) is 58.0 Å². The van der Waals surface area contributed by atoms with Crippen molar-refractivity contribution in [2.75, 3.05) is 13.1 Å². The highest BCUT2D eigenvalue weighted by Gasteiger charge is 2.49. The van der Waals surface area contributed by atoms with Crippen molar-refractivity contribution in [1.29, 1.82) is 0 Å². The summed E-state index contributed by atoms with van der Waals surface area (Å²) >= 11 is 1.84. The van der Waals surface area contributed by atoms with Gasteiger partial charge in [-0.15, -0.1) is 0 Å². The molecule has 0 saturated heterocycles. The molecule has 0 amide bonds. The first-order valence-electron chi connectivity index (χ1n) is 8.04. The van der Waals surface area contributed by atoms with Crippen molar-refractivity contribution in [2.45, 2.75) is 51.9 Å². The van der Waals surface area contributed by atoms with Crippen molar-refractivity contribution >= 4 is 11.3 Å². The minimum Gasteiger partial charge on any atom is -0.316 e.